The summed E-state index contributed by atoms with van der Waals surface area (Å²) in [6.45, 7) is 3.05. The molecule has 0 atom stereocenters. The molecule has 0 aliphatic heterocycles. The van der Waals surface area contributed by atoms with Gasteiger partial charge in [-0.3, -0.25) is 13.8 Å². The minimum Gasteiger partial charge on any atom is -0.295 e. The lowest BCUT2D eigenvalue weighted by Crippen LogP contribution is -2.01. The van der Waals surface area contributed by atoms with Gasteiger partial charge >= 0.3 is 0 Å². The SMILES string of the molecule is CC(=O)c1ccc(CS(=O)Cc2ccc(C(C)=O)cc2)cc1. The van der Waals surface area contributed by atoms with Crippen LogP contribution < -0.4 is 0 Å². The van der Waals surface area contributed by atoms with E-state index in [-0.39, 0.29) is 11.6 Å². The molecular formula is C18H18O3S. The summed E-state index contributed by atoms with van der Waals surface area (Å²) in [5.41, 5.74) is 3.22. The minimum atomic E-state index is -1.03. The maximum Gasteiger partial charge on any atom is 0.159 e. The van der Waals surface area contributed by atoms with Gasteiger partial charge in [-0.05, 0) is 25.0 Å². The Hall–Kier alpha value is -2.07. The van der Waals surface area contributed by atoms with Gasteiger partial charge in [0.2, 0.25) is 0 Å². The molecule has 0 radical (unpaired) electrons. The molecule has 22 heavy (non-hydrogen) atoms. The van der Waals surface area contributed by atoms with E-state index < -0.39 is 10.8 Å². The number of carbonyl (C=O) groups excluding carboxylic acids is 2. The van der Waals surface area contributed by atoms with E-state index in [1.54, 1.807) is 24.3 Å². The van der Waals surface area contributed by atoms with Gasteiger partial charge in [0.15, 0.2) is 11.6 Å². The average molecular weight is 314 g/mol. The van der Waals surface area contributed by atoms with Crippen LogP contribution in [0.4, 0.5) is 0 Å². The monoisotopic (exact) mass is 314 g/mol. The fourth-order valence-electron chi connectivity index (χ4n) is 2.09. The van der Waals surface area contributed by atoms with Crippen molar-refractivity contribution < 1.29 is 13.8 Å². The molecule has 0 heterocycles. The number of carbonyl (C=O) groups is 2. The van der Waals surface area contributed by atoms with Crippen LogP contribution in [0, 0.1) is 0 Å². The van der Waals surface area contributed by atoms with Crippen LogP contribution in [0.3, 0.4) is 0 Å². The summed E-state index contributed by atoms with van der Waals surface area (Å²) in [6, 6.07) is 14.4. The summed E-state index contributed by atoms with van der Waals surface area (Å²) in [5.74, 6) is 0.954. The number of benzene rings is 2. The van der Waals surface area contributed by atoms with Crippen molar-refractivity contribution >= 4 is 22.4 Å². The Morgan fingerprint density at radius 3 is 1.32 bits per heavy atom. The molecule has 0 aliphatic rings. The third kappa shape index (κ3) is 4.46. The molecule has 0 aromatic heterocycles. The van der Waals surface area contributed by atoms with Gasteiger partial charge in [-0.2, -0.15) is 0 Å². The Morgan fingerprint density at radius 1 is 0.727 bits per heavy atom. The Labute approximate surface area is 132 Å². The first-order chi connectivity index (χ1) is 10.5. The second-order valence-electron chi connectivity index (χ2n) is 5.23. The van der Waals surface area contributed by atoms with Crippen molar-refractivity contribution in [2.45, 2.75) is 25.4 Å². The molecule has 2 rings (SSSR count). The normalized spacial score (nSPS) is 10.7. The summed E-state index contributed by atoms with van der Waals surface area (Å²) in [4.78, 5) is 22.4. The van der Waals surface area contributed by atoms with Crippen LogP contribution in [0.1, 0.15) is 45.7 Å². The number of hydrogen-bond donors (Lipinski definition) is 0. The number of hydrogen-bond acceptors (Lipinski definition) is 3. The van der Waals surface area contributed by atoms with Gasteiger partial charge in [0.1, 0.15) is 0 Å². The Bertz CT molecular complexity index is 639. The van der Waals surface area contributed by atoms with Crippen molar-refractivity contribution in [2.75, 3.05) is 0 Å². The second-order valence-corrected chi connectivity index (χ2v) is 6.69. The predicted molar refractivity (Wildman–Crippen MR) is 88.4 cm³/mol. The highest BCUT2D eigenvalue weighted by atomic mass is 32.2. The smallest absolute Gasteiger partial charge is 0.159 e. The predicted octanol–water partition coefficient (Wildman–Crippen LogP) is 3.54. The van der Waals surface area contributed by atoms with E-state index >= 15 is 0 Å². The lowest BCUT2D eigenvalue weighted by molar-refractivity contribution is 0.100. The van der Waals surface area contributed by atoms with E-state index in [0.29, 0.717) is 22.6 Å². The first-order valence-corrected chi connectivity index (χ1v) is 8.49. The Morgan fingerprint density at radius 2 is 1.05 bits per heavy atom. The van der Waals surface area contributed by atoms with Crippen molar-refractivity contribution in [3.8, 4) is 0 Å². The van der Waals surface area contributed by atoms with Crippen molar-refractivity contribution in [1.82, 2.24) is 0 Å². The lowest BCUT2D eigenvalue weighted by atomic mass is 10.1. The molecule has 4 heteroatoms. The van der Waals surface area contributed by atoms with E-state index in [1.165, 1.54) is 13.8 Å². The molecule has 114 valence electrons. The summed E-state index contributed by atoms with van der Waals surface area (Å²) >= 11 is 0. The summed E-state index contributed by atoms with van der Waals surface area (Å²) in [5, 5.41) is 0. The molecule has 0 saturated carbocycles. The molecule has 2 aromatic rings. The first kappa shape index (κ1) is 16.3. The molecule has 0 saturated heterocycles. The van der Waals surface area contributed by atoms with Crippen LogP contribution in [-0.2, 0) is 22.3 Å². The largest absolute Gasteiger partial charge is 0.295 e. The van der Waals surface area contributed by atoms with E-state index in [0.717, 1.165) is 11.1 Å². The molecular weight excluding hydrogens is 296 g/mol. The maximum absolute atomic E-state index is 12.2. The Balaban J connectivity index is 1.97. The van der Waals surface area contributed by atoms with Crippen molar-refractivity contribution in [3.05, 3.63) is 70.8 Å². The van der Waals surface area contributed by atoms with Gasteiger partial charge in [-0.25, -0.2) is 0 Å². The topological polar surface area (TPSA) is 51.2 Å². The van der Waals surface area contributed by atoms with Gasteiger partial charge in [0.05, 0.1) is 0 Å². The number of rotatable bonds is 6. The van der Waals surface area contributed by atoms with Crippen LogP contribution in [0.2, 0.25) is 0 Å². The lowest BCUT2D eigenvalue weighted by Gasteiger charge is -2.05. The van der Waals surface area contributed by atoms with E-state index in [4.69, 9.17) is 0 Å². The third-order valence-electron chi connectivity index (χ3n) is 3.38. The molecule has 0 fully saturated rings. The zero-order chi connectivity index (χ0) is 16.1. The van der Waals surface area contributed by atoms with Crippen LogP contribution in [0.25, 0.3) is 0 Å². The highest BCUT2D eigenvalue weighted by molar-refractivity contribution is 7.83. The van der Waals surface area contributed by atoms with E-state index in [2.05, 4.69) is 0 Å². The Kier molecular flexibility index (Phi) is 5.39. The van der Waals surface area contributed by atoms with Crippen molar-refractivity contribution in [1.29, 1.82) is 0 Å². The van der Waals surface area contributed by atoms with Gasteiger partial charge in [-0.1, -0.05) is 48.5 Å². The molecule has 0 amide bonds. The van der Waals surface area contributed by atoms with Crippen LogP contribution in [0.15, 0.2) is 48.5 Å². The van der Waals surface area contributed by atoms with Crippen LogP contribution in [0.5, 0.6) is 0 Å². The van der Waals surface area contributed by atoms with E-state index in [1.807, 2.05) is 24.3 Å². The van der Waals surface area contributed by atoms with Gasteiger partial charge in [0.25, 0.3) is 0 Å². The van der Waals surface area contributed by atoms with Gasteiger partial charge < -0.3 is 0 Å². The molecule has 0 unspecified atom stereocenters. The molecule has 0 N–H and O–H groups in total. The zero-order valence-corrected chi connectivity index (χ0v) is 13.5. The molecule has 0 aliphatic carbocycles. The van der Waals surface area contributed by atoms with Crippen molar-refractivity contribution in [2.24, 2.45) is 0 Å². The zero-order valence-electron chi connectivity index (χ0n) is 12.7. The summed E-state index contributed by atoms with van der Waals surface area (Å²) in [7, 11) is -1.03. The average Bonchev–Trinajstić information content (AvgIpc) is 2.48. The van der Waals surface area contributed by atoms with Crippen LogP contribution in [-0.4, -0.2) is 15.8 Å². The highest BCUT2D eigenvalue weighted by Crippen LogP contribution is 2.12. The van der Waals surface area contributed by atoms with Crippen LogP contribution >= 0.6 is 0 Å². The molecule has 0 bridgehead atoms. The quantitative estimate of drug-likeness (QED) is 0.766. The fourth-order valence-corrected chi connectivity index (χ4v) is 3.32. The minimum absolute atomic E-state index is 0.0261. The standard InChI is InChI=1S/C18H18O3S/c1-13(19)17-7-3-15(4-8-17)11-22(21)12-16-5-9-18(10-6-16)14(2)20/h3-10H,11-12H2,1-2H3. The molecule has 2 aromatic carbocycles. The van der Waals surface area contributed by atoms with Crippen molar-refractivity contribution in [3.63, 3.8) is 0 Å². The maximum atomic E-state index is 12.2. The summed E-state index contributed by atoms with van der Waals surface area (Å²) in [6.07, 6.45) is 0. The molecule has 3 nitrogen and oxygen atoms in total. The number of ketones is 2. The van der Waals surface area contributed by atoms with Gasteiger partial charge in [0, 0.05) is 33.4 Å². The second kappa shape index (κ2) is 7.27. The molecule has 0 spiro atoms. The fraction of sp³-hybridized carbons (Fsp3) is 0.222. The van der Waals surface area contributed by atoms with Gasteiger partial charge in [-0.15, -0.1) is 0 Å². The first-order valence-electron chi connectivity index (χ1n) is 7.00. The number of Topliss-reactive ketones (excluding diaryl/α,β-unsaturated/α-hetero) is 2. The summed E-state index contributed by atoms with van der Waals surface area (Å²) < 4.78 is 12.2. The van der Waals surface area contributed by atoms with E-state index in [9.17, 15) is 13.8 Å². The third-order valence-corrected chi connectivity index (χ3v) is 4.69. The highest BCUT2D eigenvalue weighted by Gasteiger charge is 2.06.